The van der Waals surface area contributed by atoms with Gasteiger partial charge in [0.15, 0.2) is 25.2 Å². The molecule has 4 aliphatic heterocycles. The number of ether oxygens (including phenoxy) is 24. The van der Waals surface area contributed by atoms with E-state index < -0.39 is 135 Å². The minimum atomic E-state index is -1.25. The number of hydrogen-bond acceptors (Lipinski definition) is 26. The van der Waals surface area contributed by atoms with E-state index in [1.807, 2.05) is 364 Å². The summed E-state index contributed by atoms with van der Waals surface area (Å²) in [4.78, 5) is 27.5. The first-order chi connectivity index (χ1) is 72.2. The van der Waals surface area contributed by atoms with Crippen molar-refractivity contribution in [2.24, 2.45) is 0 Å². The zero-order valence-corrected chi connectivity index (χ0v) is 82.4. The fraction of sp³-hybridized carbons (Fsp3) is 0.373. The molecule has 2 N–H and O–H groups in total. The van der Waals surface area contributed by atoms with Gasteiger partial charge in [-0.2, -0.15) is 0 Å². The Hall–Kier alpha value is -11.7. The maximum atomic E-state index is 13.7. The number of amides is 2. The maximum Gasteiger partial charge on any atom is 0.407 e. The number of hydrogen-bond donors (Lipinski definition) is 2. The summed E-state index contributed by atoms with van der Waals surface area (Å²) in [5.74, 6) is 0. The number of benzene rings is 12. The summed E-state index contributed by atoms with van der Waals surface area (Å²) in [6.45, 7) is 1.26. The molecule has 4 saturated heterocycles. The molecular formula is C118H132N2O26. The van der Waals surface area contributed by atoms with E-state index in [1.54, 1.807) is 0 Å². The number of carbonyl (C=O) groups is 2. The fourth-order valence-electron chi connectivity index (χ4n) is 17.8. The van der Waals surface area contributed by atoms with Crippen molar-refractivity contribution in [3.8, 4) is 0 Å². The number of nitrogens with one attached hydrogen (secondary N) is 2. The Kier molecular flexibility index (Phi) is 43.5. The highest BCUT2D eigenvalue weighted by Crippen LogP contribution is 2.41. The van der Waals surface area contributed by atoms with E-state index in [0.717, 1.165) is 66.8 Å². The molecule has 20 atom stereocenters. The van der Waals surface area contributed by atoms with Crippen LogP contribution in [0.3, 0.4) is 0 Å². The van der Waals surface area contributed by atoms with Crippen LogP contribution in [-0.4, -0.2) is 215 Å². The Bertz CT molecular complexity index is 5230. The van der Waals surface area contributed by atoms with Crippen molar-refractivity contribution in [1.82, 2.24) is 10.6 Å². The maximum absolute atomic E-state index is 13.7. The number of methoxy groups -OCH3 is 2. The van der Waals surface area contributed by atoms with E-state index in [4.69, 9.17) is 114 Å². The summed E-state index contributed by atoms with van der Waals surface area (Å²) in [5.41, 5.74) is 11.0. The van der Waals surface area contributed by atoms with E-state index in [1.165, 1.54) is 14.2 Å². The zero-order chi connectivity index (χ0) is 100.0. The van der Waals surface area contributed by atoms with Crippen molar-refractivity contribution >= 4 is 12.2 Å². The second-order valence-electron chi connectivity index (χ2n) is 35.7. The molecule has 0 aliphatic carbocycles. The van der Waals surface area contributed by atoms with Crippen molar-refractivity contribution in [3.63, 3.8) is 0 Å². The van der Waals surface area contributed by atoms with Gasteiger partial charge in [-0.05, 0) is 66.8 Å². The van der Waals surface area contributed by atoms with Crippen LogP contribution >= 0.6 is 0 Å². The Morgan fingerprint density at radius 2 is 0.384 bits per heavy atom. The molecular weight excluding hydrogens is 1860 g/mol. The summed E-state index contributed by atoms with van der Waals surface area (Å²) in [7, 11) is 3.03. The predicted octanol–water partition coefficient (Wildman–Crippen LogP) is 17.7. The Balaban J connectivity index is 0.604. The highest BCUT2D eigenvalue weighted by molar-refractivity contribution is 5.68. The van der Waals surface area contributed by atoms with E-state index in [0.29, 0.717) is 0 Å². The van der Waals surface area contributed by atoms with Gasteiger partial charge >= 0.3 is 12.2 Å². The van der Waals surface area contributed by atoms with E-state index in [2.05, 4.69) is 10.6 Å². The third kappa shape index (κ3) is 33.4. The SMILES string of the molecule is CO[C@@H]1O[C@H](COCc2ccccc2)[C@H](O[C@H]2O[C@H](COCc3ccccc3)[C@H](OCc3ccccc3)[C@H](OCc3ccccc3)[C@H]2OCc2ccccc2)[C@H](OCc2ccccc2)[C@H]1OCCOC(=O)NCCNC(=O)OCCO[C@H]1[C@H](OC)O[C@H](COCc2ccccc2)[C@H](O[C@H]2O[C@H](COCc3ccccc3)[C@H](OCc3ccccc3)[C@H](OCc3ccccc3)[C@H]2OCc2ccccc2)[C@@H]1OCc1ccccc1. The van der Waals surface area contributed by atoms with Crippen LogP contribution in [0, 0.1) is 0 Å². The van der Waals surface area contributed by atoms with Crippen LogP contribution in [0.5, 0.6) is 0 Å². The summed E-state index contributed by atoms with van der Waals surface area (Å²) in [6, 6.07) is 118. The molecule has 28 nitrogen and oxygen atoms in total. The van der Waals surface area contributed by atoms with Crippen LogP contribution in [-0.2, 0) is 193 Å². The largest absolute Gasteiger partial charge is 0.447 e. The van der Waals surface area contributed by atoms with Crippen LogP contribution in [0.15, 0.2) is 364 Å². The Morgan fingerprint density at radius 1 is 0.205 bits per heavy atom. The molecule has 4 aliphatic rings. The van der Waals surface area contributed by atoms with Crippen molar-refractivity contribution in [1.29, 1.82) is 0 Å². The molecule has 0 radical (unpaired) electrons. The lowest BCUT2D eigenvalue weighted by Gasteiger charge is -2.50. The molecule has 0 unspecified atom stereocenters. The third-order valence-electron chi connectivity index (χ3n) is 25.2. The van der Waals surface area contributed by atoms with Crippen molar-refractivity contribution in [2.45, 2.75) is 202 Å². The van der Waals surface area contributed by atoms with Gasteiger partial charge in [0.05, 0.1) is 119 Å². The average molecular weight is 1990 g/mol. The van der Waals surface area contributed by atoms with Gasteiger partial charge in [0.1, 0.15) is 111 Å². The highest BCUT2D eigenvalue weighted by atomic mass is 16.8. The van der Waals surface area contributed by atoms with Gasteiger partial charge in [0, 0.05) is 27.3 Å². The molecule has 4 heterocycles. The molecule has 770 valence electrons. The van der Waals surface area contributed by atoms with E-state index in [9.17, 15) is 9.59 Å². The number of carbonyl (C=O) groups excluding carboxylic acids is 2. The molecule has 4 fully saturated rings. The molecule has 28 heteroatoms. The lowest BCUT2D eigenvalue weighted by atomic mass is 9.95. The lowest BCUT2D eigenvalue weighted by Crippen LogP contribution is -2.66. The second kappa shape index (κ2) is 59.3. The van der Waals surface area contributed by atoms with Gasteiger partial charge in [-0.25, -0.2) is 9.59 Å². The van der Waals surface area contributed by atoms with Crippen LogP contribution in [0.2, 0.25) is 0 Å². The van der Waals surface area contributed by atoms with Crippen LogP contribution in [0.25, 0.3) is 0 Å². The topological polar surface area (TPSA) is 280 Å². The second-order valence-corrected chi connectivity index (χ2v) is 35.7. The van der Waals surface area contributed by atoms with Crippen molar-refractivity contribution < 1.29 is 123 Å². The first-order valence-electron chi connectivity index (χ1n) is 49.9. The molecule has 146 heavy (non-hydrogen) atoms. The Morgan fingerprint density at radius 3 is 0.603 bits per heavy atom. The zero-order valence-electron chi connectivity index (χ0n) is 82.4. The molecule has 0 spiro atoms. The van der Waals surface area contributed by atoms with Gasteiger partial charge in [0.25, 0.3) is 0 Å². The lowest BCUT2D eigenvalue weighted by molar-refractivity contribution is -0.375. The highest BCUT2D eigenvalue weighted by Gasteiger charge is 2.57. The standard InChI is InChI=1S/C118H132N2O26/c1-123-113-109(107(137-77-93-55-31-11-32-56-93)103(99(141-113)83-127-71-87-43-19-5-20-44-87)145-115-111(139-79-95-59-35-13-36-60-95)105(135-75-91-51-27-9-28-52-91)101(133-73-89-47-23-7-24-48-89)97(143-115)81-125-69-85-39-15-3-16-40-85)129-65-67-131-117(121)119-63-64-120-118(122)132-68-66-130-110-108(138-78-94-57-33-12-34-58-94)104(100(142-114(110)124-2)84-128-72-88-45-21-6-22-46-88)146-116-112(140-80-96-61-37-14-38-62-96)106(136-76-92-53-29-10-30-54-92)102(134-74-90-49-25-8-26-50-90)98(144-116)82-126-70-86-41-17-4-18-42-86/h3-62,97-116H,63-84H2,1-2H3,(H,119,121)(H,120,122)/t97-,98-,99-,100-,101+,102+,103+,104+,105+,106+,107+,108+,109-,110-,111-,112-,113-,114-,115-,116-/m1/s1. The van der Waals surface area contributed by atoms with Gasteiger partial charge < -0.3 is 124 Å². The Labute approximate surface area is 854 Å². The normalized spacial score (nSPS) is 24.0. The molecule has 16 rings (SSSR count). The number of rotatable bonds is 57. The molecule has 0 aromatic heterocycles. The molecule has 12 aromatic rings. The smallest absolute Gasteiger partial charge is 0.407 e. The minimum absolute atomic E-state index is 0.0177. The van der Waals surface area contributed by atoms with Gasteiger partial charge in [-0.1, -0.05) is 364 Å². The molecule has 2 amide bonds. The molecule has 0 bridgehead atoms. The van der Waals surface area contributed by atoms with Crippen LogP contribution in [0.4, 0.5) is 9.59 Å². The third-order valence-corrected chi connectivity index (χ3v) is 25.2. The van der Waals surface area contributed by atoms with Gasteiger partial charge in [-0.3, -0.25) is 0 Å². The molecule has 12 aromatic carbocycles. The quantitative estimate of drug-likeness (QED) is 0.0335. The summed E-state index contributed by atoms with van der Waals surface area (Å²) < 4.78 is 165. The summed E-state index contributed by atoms with van der Waals surface area (Å²) in [5, 5.41) is 5.45. The van der Waals surface area contributed by atoms with Crippen molar-refractivity contribution in [3.05, 3.63) is 431 Å². The average Bonchev–Trinajstić information content (AvgIpc) is 0.768. The summed E-state index contributed by atoms with van der Waals surface area (Å²) in [6.07, 6.45) is -21.5. The van der Waals surface area contributed by atoms with Crippen molar-refractivity contribution in [2.75, 3.05) is 80.2 Å². The van der Waals surface area contributed by atoms with E-state index in [-0.39, 0.29) is 145 Å². The van der Waals surface area contributed by atoms with Crippen LogP contribution in [0.1, 0.15) is 66.8 Å². The fourth-order valence-corrected chi connectivity index (χ4v) is 17.8. The van der Waals surface area contributed by atoms with Gasteiger partial charge in [0.2, 0.25) is 0 Å². The monoisotopic (exact) mass is 1990 g/mol. The number of alkyl carbamates (subject to hydrolysis) is 2. The molecule has 0 saturated carbocycles. The minimum Gasteiger partial charge on any atom is -0.447 e. The predicted molar refractivity (Wildman–Crippen MR) is 541 cm³/mol. The summed E-state index contributed by atoms with van der Waals surface area (Å²) >= 11 is 0. The van der Waals surface area contributed by atoms with Crippen LogP contribution < -0.4 is 10.6 Å². The first-order valence-corrected chi connectivity index (χ1v) is 49.9. The van der Waals surface area contributed by atoms with E-state index >= 15 is 0 Å². The van der Waals surface area contributed by atoms with Gasteiger partial charge in [-0.15, -0.1) is 0 Å². The first kappa shape index (κ1) is 107.